The van der Waals surface area contributed by atoms with Gasteiger partial charge in [0.25, 0.3) is 0 Å². The third-order valence-corrected chi connectivity index (χ3v) is 2.67. The van der Waals surface area contributed by atoms with Crippen LogP contribution in [0.5, 0.6) is 5.88 Å². The Morgan fingerprint density at radius 2 is 2.16 bits per heavy atom. The maximum absolute atomic E-state index is 13.6. The number of hydrogen-bond donors (Lipinski definition) is 0. The van der Waals surface area contributed by atoms with Crippen LogP contribution in [0.1, 0.15) is 16.8 Å². The zero-order valence-corrected chi connectivity index (χ0v) is 10.6. The van der Waals surface area contributed by atoms with Crippen LogP contribution in [0.4, 0.5) is 4.39 Å². The summed E-state index contributed by atoms with van der Waals surface area (Å²) >= 11 is 0. The molecule has 2 aromatic rings. The predicted molar refractivity (Wildman–Crippen MR) is 69.3 cm³/mol. The standard InChI is InChI=1S/C15H13FN2O/c1-11-3-2-4-15(18-11)19-8-7-13-6-5-12(10-17)9-14(13)16/h2-6,9H,7-8H2,1H3. The molecule has 0 spiro atoms. The minimum Gasteiger partial charge on any atom is -0.477 e. The van der Waals surface area contributed by atoms with Crippen molar-refractivity contribution in [3.63, 3.8) is 0 Å². The first-order chi connectivity index (χ1) is 9.19. The van der Waals surface area contributed by atoms with Crippen LogP contribution in [-0.4, -0.2) is 11.6 Å². The van der Waals surface area contributed by atoms with E-state index >= 15 is 0 Å². The molecule has 0 amide bonds. The SMILES string of the molecule is Cc1cccc(OCCc2ccc(C#N)cc2F)n1. The van der Waals surface area contributed by atoms with Gasteiger partial charge in [-0.3, -0.25) is 0 Å². The molecule has 0 saturated heterocycles. The number of halogens is 1. The first kappa shape index (κ1) is 13.0. The molecule has 0 unspecified atom stereocenters. The van der Waals surface area contributed by atoms with Crippen molar-refractivity contribution in [2.45, 2.75) is 13.3 Å². The second-order valence-electron chi connectivity index (χ2n) is 4.13. The maximum Gasteiger partial charge on any atom is 0.213 e. The highest BCUT2D eigenvalue weighted by molar-refractivity contribution is 5.33. The zero-order chi connectivity index (χ0) is 13.7. The molecule has 1 aromatic heterocycles. The van der Waals surface area contributed by atoms with E-state index in [0.29, 0.717) is 30.0 Å². The van der Waals surface area contributed by atoms with E-state index in [1.54, 1.807) is 18.2 Å². The summed E-state index contributed by atoms with van der Waals surface area (Å²) in [6.07, 6.45) is 0.438. The molecule has 0 bridgehead atoms. The molecule has 0 aliphatic carbocycles. The highest BCUT2D eigenvalue weighted by atomic mass is 19.1. The van der Waals surface area contributed by atoms with Crippen molar-refractivity contribution in [2.75, 3.05) is 6.61 Å². The molecule has 0 radical (unpaired) electrons. The topological polar surface area (TPSA) is 45.9 Å². The lowest BCUT2D eigenvalue weighted by Crippen LogP contribution is -2.04. The lowest BCUT2D eigenvalue weighted by molar-refractivity contribution is 0.307. The van der Waals surface area contributed by atoms with Gasteiger partial charge in [0.2, 0.25) is 5.88 Å². The average molecular weight is 256 g/mol. The second-order valence-corrected chi connectivity index (χ2v) is 4.13. The van der Waals surface area contributed by atoms with Gasteiger partial charge in [0.1, 0.15) is 5.82 Å². The molecule has 96 valence electrons. The molecular weight excluding hydrogens is 243 g/mol. The summed E-state index contributed by atoms with van der Waals surface area (Å²) in [6.45, 7) is 2.23. The summed E-state index contributed by atoms with van der Waals surface area (Å²) in [6, 6.07) is 11.9. The first-order valence-corrected chi connectivity index (χ1v) is 5.94. The summed E-state index contributed by atoms with van der Waals surface area (Å²) < 4.78 is 19.1. The summed E-state index contributed by atoms with van der Waals surface area (Å²) in [7, 11) is 0. The van der Waals surface area contributed by atoms with Gasteiger partial charge in [-0.05, 0) is 30.7 Å². The van der Waals surface area contributed by atoms with E-state index in [0.717, 1.165) is 5.69 Å². The van der Waals surface area contributed by atoms with Gasteiger partial charge in [0, 0.05) is 18.2 Å². The number of aryl methyl sites for hydroxylation is 1. The number of pyridine rings is 1. The predicted octanol–water partition coefficient (Wildman–Crippen LogP) is 3.02. The average Bonchev–Trinajstić information content (AvgIpc) is 2.40. The van der Waals surface area contributed by atoms with E-state index in [9.17, 15) is 4.39 Å². The van der Waals surface area contributed by atoms with Crippen LogP contribution in [0.2, 0.25) is 0 Å². The van der Waals surface area contributed by atoms with Crippen LogP contribution >= 0.6 is 0 Å². The number of nitrogens with zero attached hydrogens (tertiary/aromatic N) is 2. The quantitative estimate of drug-likeness (QED) is 0.844. The zero-order valence-electron chi connectivity index (χ0n) is 10.6. The molecule has 1 heterocycles. The van der Waals surface area contributed by atoms with Crippen molar-refractivity contribution < 1.29 is 9.13 Å². The summed E-state index contributed by atoms with van der Waals surface area (Å²) in [5, 5.41) is 8.65. The fourth-order valence-electron chi connectivity index (χ4n) is 1.68. The van der Waals surface area contributed by atoms with Crippen molar-refractivity contribution in [2.24, 2.45) is 0 Å². The van der Waals surface area contributed by atoms with Gasteiger partial charge in [-0.25, -0.2) is 9.37 Å². The second kappa shape index (κ2) is 5.96. The molecule has 0 aliphatic heterocycles. The molecule has 0 aliphatic rings. The van der Waals surface area contributed by atoms with Gasteiger partial charge in [-0.2, -0.15) is 5.26 Å². The van der Waals surface area contributed by atoms with Crippen molar-refractivity contribution >= 4 is 0 Å². The molecule has 4 heteroatoms. The molecular formula is C15H13FN2O. The van der Waals surface area contributed by atoms with Crippen LogP contribution in [0, 0.1) is 24.1 Å². The van der Waals surface area contributed by atoms with Crippen molar-refractivity contribution in [1.82, 2.24) is 4.98 Å². The largest absolute Gasteiger partial charge is 0.477 e. The van der Waals surface area contributed by atoms with Crippen LogP contribution < -0.4 is 4.74 Å². The van der Waals surface area contributed by atoms with Crippen LogP contribution in [-0.2, 0) is 6.42 Å². The van der Waals surface area contributed by atoms with Crippen molar-refractivity contribution in [3.8, 4) is 11.9 Å². The first-order valence-electron chi connectivity index (χ1n) is 5.94. The number of ether oxygens (including phenoxy) is 1. The van der Waals surface area contributed by atoms with Crippen LogP contribution in [0.25, 0.3) is 0 Å². The van der Waals surface area contributed by atoms with Gasteiger partial charge in [0.05, 0.1) is 18.2 Å². The van der Waals surface area contributed by atoms with E-state index in [1.807, 2.05) is 25.1 Å². The van der Waals surface area contributed by atoms with Crippen molar-refractivity contribution in [3.05, 3.63) is 59.0 Å². The molecule has 2 rings (SSSR count). The molecule has 3 nitrogen and oxygen atoms in total. The number of nitriles is 1. The van der Waals surface area contributed by atoms with Crippen LogP contribution in [0.3, 0.4) is 0 Å². The lowest BCUT2D eigenvalue weighted by atomic mass is 10.1. The van der Waals surface area contributed by atoms with Crippen LogP contribution in [0.15, 0.2) is 36.4 Å². The van der Waals surface area contributed by atoms with Gasteiger partial charge in [0.15, 0.2) is 0 Å². The highest BCUT2D eigenvalue weighted by Crippen LogP contribution is 2.12. The molecule has 0 fully saturated rings. The fraction of sp³-hybridized carbons (Fsp3) is 0.200. The van der Waals surface area contributed by atoms with Gasteiger partial charge >= 0.3 is 0 Å². The van der Waals surface area contributed by atoms with E-state index in [-0.39, 0.29) is 5.82 Å². The van der Waals surface area contributed by atoms with E-state index in [2.05, 4.69) is 4.98 Å². The molecule has 19 heavy (non-hydrogen) atoms. The van der Waals surface area contributed by atoms with E-state index in [4.69, 9.17) is 10.00 Å². The maximum atomic E-state index is 13.6. The Hall–Kier alpha value is -2.41. The Morgan fingerprint density at radius 3 is 2.84 bits per heavy atom. The molecule has 0 N–H and O–H groups in total. The Bertz CT molecular complexity index is 620. The Morgan fingerprint density at radius 1 is 1.32 bits per heavy atom. The third-order valence-electron chi connectivity index (χ3n) is 2.67. The molecule has 1 aromatic carbocycles. The van der Waals surface area contributed by atoms with Gasteiger partial charge in [-0.1, -0.05) is 12.1 Å². The number of rotatable bonds is 4. The normalized spacial score (nSPS) is 9.95. The monoisotopic (exact) mass is 256 g/mol. The third kappa shape index (κ3) is 3.52. The number of hydrogen-bond acceptors (Lipinski definition) is 3. The minimum absolute atomic E-state index is 0.322. The van der Waals surface area contributed by atoms with E-state index in [1.165, 1.54) is 6.07 Å². The smallest absolute Gasteiger partial charge is 0.213 e. The summed E-state index contributed by atoms with van der Waals surface area (Å²) in [5.41, 5.74) is 1.73. The fourth-order valence-corrected chi connectivity index (χ4v) is 1.68. The number of benzene rings is 1. The number of aromatic nitrogens is 1. The van der Waals surface area contributed by atoms with Gasteiger partial charge in [-0.15, -0.1) is 0 Å². The Labute approximate surface area is 111 Å². The van der Waals surface area contributed by atoms with E-state index < -0.39 is 0 Å². The highest BCUT2D eigenvalue weighted by Gasteiger charge is 2.04. The van der Waals surface area contributed by atoms with Crippen molar-refractivity contribution in [1.29, 1.82) is 5.26 Å². The molecule has 0 atom stereocenters. The minimum atomic E-state index is -0.375. The lowest BCUT2D eigenvalue weighted by Gasteiger charge is -2.06. The Kier molecular flexibility index (Phi) is 4.09. The summed E-state index contributed by atoms with van der Waals surface area (Å²) in [5.74, 6) is 0.161. The summed E-state index contributed by atoms with van der Waals surface area (Å²) in [4.78, 5) is 4.20. The Balaban J connectivity index is 1.94. The van der Waals surface area contributed by atoms with Gasteiger partial charge < -0.3 is 4.74 Å². The molecule has 0 saturated carbocycles.